The molecule has 1 N–H and O–H groups in total. The molecular formula is C17H14FN3O2. The summed E-state index contributed by atoms with van der Waals surface area (Å²) < 4.78 is 18.7. The SMILES string of the molecule is COc1ccccc1CNC(=O)c1ccc2c(F)nccc2n1. The summed E-state index contributed by atoms with van der Waals surface area (Å²) in [7, 11) is 1.58. The molecule has 0 saturated heterocycles. The second-order valence-corrected chi connectivity index (χ2v) is 4.86. The number of amides is 1. The van der Waals surface area contributed by atoms with Crippen LogP contribution in [0.2, 0.25) is 0 Å². The van der Waals surface area contributed by atoms with Crippen molar-refractivity contribution in [3.05, 3.63) is 65.9 Å². The number of carbonyl (C=O) groups excluding carboxylic acids is 1. The van der Waals surface area contributed by atoms with Gasteiger partial charge in [0.25, 0.3) is 5.91 Å². The molecule has 0 bridgehead atoms. The Kier molecular flexibility index (Phi) is 4.14. The molecule has 5 nitrogen and oxygen atoms in total. The molecule has 0 radical (unpaired) electrons. The van der Waals surface area contributed by atoms with Crippen molar-refractivity contribution in [1.82, 2.24) is 15.3 Å². The van der Waals surface area contributed by atoms with E-state index in [1.807, 2.05) is 24.3 Å². The van der Waals surface area contributed by atoms with Crippen LogP contribution in [0.25, 0.3) is 10.9 Å². The number of para-hydroxylation sites is 1. The first-order chi connectivity index (χ1) is 11.2. The average Bonchev–Trinajstić information content (AvgIpc) is 2.59. The van der Waals surface area contributed by atoms with Crippen LogP contribution in [0.15, 0.2) is 48.7 Å². The first-order valence-corrected chi connectivity index (χ1v) is 7.00. The van der Waals surface area contributed by atoms with Crippen LogP contribution in [-0.4, -0.2) is 23.0 Å². The van der Waals surface area contributed by atoms with Gasteiger partial charge in [-0.25, -0.2) is 9.97 Å². The van der Waals surface area contributed by atoms with Gasteiger partial charge in [-0.05, 0) is 24.3 Å². The Balaban J connectivity index is 1.78. The minimum atomic E-state index is -0.601. The molecule has 3 rings (SSSR count). The van der Waals surface area contributed by atoms with E-state index >= 15 is 0 Å². The quantitative estimate of drug-likeness (QED) is 0.753. The van der Waals surface area contributed by atoms with E-state index in [4.69, 9.17) is 4.74 Å². The van der Waals surface area contributed by atoms with E-state index in [2.05, 4.69) is 15.3 Å². The van der Waals surface area contributed by atoms with Crippen LogP contribution in [-0.2, 0) is 6.54 Å². The van der Waals surface area contributed by atoms with Crippen LogP contribution in [0.4, 0.5) is 4.39 Å². The predicted octanol–water partition coefficient (Wildman–Crippen LogP) is 2.71. The summed E-state index contributed by atoms with van der Waals surface area (Å²) in [6.07, 6.45) is 1.32. The standard InChI is InChI=1S/C17H14FN3O2/c1-23-15-5-3-2-4-11(15)10-20-17(22)14-7-6-12-13(21-14)8-9-19-16(12)18/h2-9H,10H2,1H3,(H,20,22). The fraction of sp³-hybridized carbons (Fsp3) is 0.118. The van der Waals surface area contributed by atoms with E-state index in [0.717, 1.165) is 5.56 Å². The molecule has 0 atom stereocenters. The summed E-state index contributed by atoms with van der Waals surface area (Å²) in [5.41, 5.74) is 1.47. The van der Waals surface area contributed by atoms with Crippen LogP contribution in [0.3, 0.4) is 0 Å². The Morgan fingerprint density at radius 1 is 1.22 bits per heavy atom. The van der Waals surface area contributed by atoms with Gasteiger partial charge in [0.15, 0.2) is 0 Å². The van der Waals surface area contributed by atoms with E-state index in [1.165, 1.54) is 18.3 Å². The molecule has 6 heteroatoms. The Morgan fingerprint density at radius 3 is 2.87 bits per heavy atom. The van der Waals surface area contributed by atoms with Gasteiger partial charge >= 0.3 is 0 Å². The molecule has 0 aliphatic heterocycles. The molecule has 116 valence electrons. The van der Waals surface area contributed by atoms with Crippen molar-refractivity contribution in [3.63, 3.8) is 0 Å². The highest BCUT2D eigenvalue weighted by molar-refractivity contribution is 5.94. The number of carbonyl (C=O) groups is 1. The largest absolute Gasteiger partial charge is 0.496 e. The lowest BCUT2D eigenvalue weighted by molar-refractivity contribution is 0.0946. The molecule has 0 aliphatic carbocycles. The fourth-order valence-corrected chi connectivity index (χ4v) is 2.26. The maximum absolute atomic E-state index is 13.5. The van der Waals surface area contributed by atoms with Crippen LogP contribution >= 0.6 is 0 Å². The van der Waals surface area contributed by atoms with Gasteiger partial charge in [-0.15, -0.1) is 0 Å². The number of fused-ring (bicyclic) bond motifs is 1. The molecule has 3 aromatic rings. The summed E-state index contributed by atoms with van der Waals surface area (Å²) in [4.78, 5) is 19.9. The van der Waals surface area contributed by atoms with Crippen molar-refractivity contribution < 1.29 is 13.9 Å². The number of nitrogens with zero attached hydrogens (tertiary/aromatic N) is 2. The van der Waals surface area contributed by atoms with Gasteiger partial charge < -0.3 is 10.1 Å². The number of pyridine rings is 2. The van der Waals surface area contributed by atoms with Crippen molar-refractivity contribution in [2.45, 2.75) is 6.54 Å². The average molecular weight is 311 g/mol. The van der Waals surface area contributed by atoms with Gasteiger partial charge in [-0.2, -0.15) is 4.39 Å². The number of halogens is 1. The monoisotopic (exact) mass is 311 g/mol. The molecule has 0 aliphatic rings. The topological polar surface area (TPSA) is 64.1 Å². The number of nitrogens with one attached hydrogen (secondary N) is 1. The predicted molar refractivity (Wildman–Crippen MR) is 83.7 cm³/mol. The van der Waals surface area contributed by atoms with Crippen molar-refractivity contribution in [2.24, 2.45) is 0 Å². The summed E-state index contributed by atoms with van der Waals surface area (Å²) in [6.45, 7) is 0.313. The molecule has 1 amide bonds. The number of rotatable bonds is 4. The molecule has 0 fully saturated rings. The van der Waals surface area contributed by atoms with Crippen LogP contribution in [0, 0.1) is 5.95 Å². The van der Waals surface area contributed by atoms with Crippen molar-refractivity contribution >= 4 is 16.8 Å². The minimum absolute atomic E-state index is 0.220. The summed E-state index contributed by atoms with van der Waals surface area (Å²) in [6, 6.07) is 12.0. The second-order valence-electron chi connectivity index (χ2n) is 4.86. The number of hydrogen-bond acceptors (Lipinski definition) is 4. The van der Waals surface area contributed by atoms with Crippen LogP contribution < -0.4 is 10.1 Å². The number of hydrogen-bond donors (Lipinski definition) is 1. The summed E-state index contributed by atoms with van der Waals surface area (Å²) in [5.74, 6) is -0.238. The lowest BCUT2D eigenvalue weighted by Gasteiger charge is -2.09. The molecule has 2 heterocycles. The maximum atomic E-state index is 13.5. The number of ether oxygens (including phenoxy) is 1. The van der Waals surface area contributed by atoms with Crippen LogP contribution in [0.5, 0.6) is 5.75 Å². The lowest BCUT2D eigenvalue weighted by Crippen LogP contribution is -2.24. The number of aromatic nitrogens is 2. The number of methoxy groups -OCH3 is 1. The van der Waals surface area contributed by atoms with Gasteiger partial charge in [0.1, 0.15) is 11.4 Å². The van der Waals surface area contributed by atoms with E-state index in [0.29, 0.717) is 17.8 Å². The molecule has 0 spiro atoms. The minimum Gasteiger partial charge on any atom is -0.496 e. The fourth-order valence-electron chi connectivity index (χ4n) is 2.26. The highest BCUT2D eigenvalue weighted by Crippen LogP contribution is 2.17. The van der Waals surface area contributed by atoms with Gasteiger partial charge in [0.05, 0.1) is 18.0 Å². The summed E-state index contributed by atoms with van der Waals surface area (Å²) in [5, 5.41) is 3.06. The Hall–Kier alpha value is -3.02. The maximum Gasteiger partial charge on any atom is 0.270 e. The van der Waals surface area contributed by atoms with Crippen molar-refractivity contribution in [1.29, 1.82) is 0 Å². The first kappa shape index (κ1) is 14.9. The Morgan fingerprint density at radius 2 is 2.04 bits per heavy atom. The van der Waals surface area contributed by atoms with Gasteiger partial charge in [0, 0.05) is 18.3 Å². The van der Waals surface area contributed by atoms with Crippen LogP contribution in [0.1, 0.15) is 16.1 Å². The van der Waals surface area contributed by atoms with E-state index in [-0.39, 0.29) is 17.0 Å². The normalized spacial score (nSPS) is 10.5. The van der Waals surface area contributed by atoms with E-state index in [9.17, 15) is 9.18 Å². The molecular weight excluding hydrogens is 297 g/mol. The molecule has 0 saturated carbocycles. The lowest BCUT2D eigenvalue weighted by atomic mass is 10.2. The van der Waals surface area contributed by atoms with E-state index < -0.39 is 5.95 Å². The zero-order valence-corrected chi connectivity index (χ0v) is 12.4. The smallest absolute Gasteiger partial charge is 0.270 e. The molecule has 0 unspecified atom stereocenters. The molecule has 23 heavy (non-hydrogen) atoms. The summed E-state index contributed by atoms with van der Waals surface area (Å²) >= 11 is 0. The third kappa shape index (κ3) is 3.11. The van der Waals surface area contributed by atoms with Crippen molar-refractivity contribution in [2.75, 3.05) is 7.11 Å². The van der Waals surface area contributed by atoms with Gasteiger partial charge in [0.2, 0.25) is 5.95 Å². The molecule has 1 aromatic carbocycles. The number of benzene rings is 1. The third-order valence-electron chi connectivity index (χ3n) is 3.43. The van der Waals surface area contributed by atoms with Gasteiger partial charge in [-0.1, -0.05) is 18.2 Å². The first-order valence-electron chi connectivity index (χ1n) is 7.00. The zero-order valence-electron chi connectivity index (χ0n) is 12.4. The third-order valence-corrected chi connectivity index (χ3v) is 3.43. The van der Waals surface area contributed by atoms with Crippen molar-refractivity contribution in [3.8, 4) is 5.75 Å². The molecule has 2 aromatic heterocycles. The Bertz CT molecular complexity index is 867. The van der Waals surface area contributed by atoms with Gasteiger partial charge in [-0.3, -0.25) is 4.79 Å². The zero-order chi connectivity index (χ0) is 16.2. The highest BCUT2D eigenvalue weighted by atomic mass is 19.1. The van der Waals surface area contributed by atoms with E-state index in [1.54, 1.807) is 13.2 Å². The Labute approximate surface area is 132 Å². The highest BCUT2D eigenvalue weighted by Gasteiger charge is 2.11. The second kappa shape index (κ2) is 6.39.